The lowest BCUT2D eigenvalue weighted by Gasteiger charge is -2.22. The van der Waals surface area contributed by atoms with Gasteiger partial charge in [0.15, 0.2) is 5.13 Å². The Balaban J connectivity index is 0.00000280. The molecule has 0 radical (unpaired) electrons. The quantitative estimate of drug-likeness (QED) is 0.615. The van der Waals surface area contributed by atoms with Gasteiger partial charge in [-0.2, -0.15) is 0 Å². The minimum Gasteiger partial charge on any atom is -0.374 e. The molecule has 5 nitrogen and oxygen atoms in total. The number of halogens is 1. The van der Waals surface area contributed by atoms with Gasteiger partial charge in [0.25, 0.3) is 0 Å². The molecule has 1 amide bonds. The van der Waals surface area contributed by atoms with E-state index >= 15 is 0 Å². The van der Waals surface area contributed by atoms with E-state index in [2.05, 4.69) is 22.4 Å². The molecule has 0 spiro atoms. The summed E-state index contributed by atoms with van der Waals surface area (Å²) >= 11 is 1.47. The van der Waals surface area contributed by atoms with Gasteiger partial charge in [-0.1, -0.05) is 68.2 Å². The summed E-state index contributed by atoms with van der Waals surface area (Å²) in [4.78, 5) is 17.5. The maximum absolute atomic E-state index is 12.1. The van der Waals surface area contributed by atoms with Crippen LogP contribution in [0.5, 0.6) is 0 Å². The molecule has 1 aliphatic carbocycles. The predicted octanol–water partition coefficient (Wildman–Crippen LogP) is 5.15. The molecule has 1 aromatic carbocycles. The molecule has 3 rings (SSSR count). The molecule has 1 fully saturated rings. The molecule has 28 heavy (non-hydrogen) atoms. The van der Waals surface area contributed by atoms with Crippen LogP contribution in [0.2, 0.25) is 0 Å². The van der Waals surface area contributed by atoms with Crippen molar-refractivity contribution in [1.82, 2.24) is 4.98 Å². The van der Waals surface area contributed by atoms with Gasteiger partial charge in [-0.05, 0) is 30.4 Å². The predicted molar refractivity (Wildman–Crippen MR) is 118 cm³/mol. The number of nitrogens with two attached hydrogens (primary N) is 1. The summed E-state index contributed by atoms with van der Waals surface area (Å²) in [6.45, 7) is 2.63. The zero-order valence-electron chi connectivity index (χ0n) is 16.4. The SMILES string of the molecule is CCC[C@H](N)C(=O)Nc1ncc(-c2ccccc2COC2CCCCC2)s1.Cl. The van der Waals surface area contributed by atoms with Crippen molar-refractivity contribution in [1.29, 1.82) is 0 Å². The molecule has 0 bridgehead atoms. The smallest absolute Gasteiger partial charge is 0.243 e. The van der Waals surface area contributed by atoms with Gasteiger partial charge < -0.3 is 15.8 Å². The molecule has 1 saturated carbocycles. The second-order valence-corrected chi connectivity index (χ2v) is 8.17. The minimum atomic E-state index is -0.487. The Bertz CT molecular complexity index is 747. The van der Waals surface area contributed by atoms with E-state index in [4.69, 9.17) is 10.5 Å². The lowest BCUT2D eigenvalue weighted by molar-refractivity contribution is -0.117. The first-order valence-corrected chi connectivity index (χ1v) is 10.7. The van der Waals surface area contributed by atoms with Gasteiger partial charge in [-0.15, -0.1) is 12.4 Å². The average molecular weight is 424 g/mol. The van der Waals surface area contributed by atoms with E-state index in [1.165, 1.54) is 30.6 Å². The Hall–Kier alpha value is -1.47. The summed E-state index contributed by atoms with van der Waals surface area (Å²) in [5.74, 6) is -0.174. The van der Waals surface area contributed by atoms with Gasteiger partial charge in [0.2, 0.25) is 5.91 Å². The Morgan fingerprint density at radius 2 is 2.07 bits per heavy atom. The van der Waals surface area contributed by atoms with Crippen molar-refractivity contribution in [3.63, 3.8) is 0 Å². The third-order valence-electron chi connectivity index (χ3n) is 4.98. The van der Waals surface area contributed by atoms with Crippen LogP contribution < -0.4 is 11.1 Å². The highest BCUT2D eigenvalue weighted by Gasteiger charge is 2.17. The van der Waals surface area contributed by atoms with E-state index in [1.807, 2.05) is 25.3 Å². The molecule has 1 aliphatic rings. The number of hydrogen-bond donors (Lipinski definition) is 2. The van der Waals surface area contributed by atoms with Crippen LogP contribution in [0.4, 0.5) is 5.13 Å². The fraction of sp³-hybridized carbons (Fsp3) is 0.524. The average Bonchev–Trinajstić information content (AvgIpc) is 3.16. The Labute approximate surface area is 177 Å². The van der Waals surface area contributed by atoms with Gasteiger partial charge in [0.1, 0.15) is 0 Å². The Morgan fingerprint density at radius 3 is 2.82 bits per heavy atom. The summed E-state index contributed by atoms with van der Waals surface area (Å²) in [5.41, 5.74) is 8.15. The number of aromatic nitrogens is 1. The lowest BCUT2D eigenvalue weighted by Crippen LogP contribution is -2.35. The maximum Gasteiger partial charge on any atom is 0.243 e. The van der Waals surface area contributed by atoms with E-state index in [1.54, 1.807) is 0 Å². The molecule has 7 heteroatoms. The number of ether oxygens (including phenoxy) is 1. The van der Waals surface area contributed by atoms with Crippen LogP contribution in [0.1, 0.15) is 57.4 Å². The number of nitrogens with zero attached hydrogens (tertiary/aromatic N) is 1. The second kappa shape index (κ2) is 11.5. The van der Waals surface area contributed by atoms with Crippen LogP contribution in [0.3, 0.4) is 0 Å². The molecule has 1 atom stereocenters. The van der Waals surface area contributed by atoms with Crippen LogP contribution >= 0.6 is 23.7 Å². The standard InChI is InChI=1S/C21H29N3O2S.ClH/c1-2-8-18(22)20(25)24-21-23-13-19(27-21)17-12-7-6-9-15(17)14-26-16-10-4-3-5-11-16;/h6-7,9,12-13,16,18H,2-5,8,10-11,14,22H2,1H3,(H,23,24,25);1H/t18-;/m0./s1. The lowest BCUT2D eigenvalue weighted by atomic mass is 9.97. The van der Waals surface area contributed by atoms with Crippen molar-refractivity contribution in [2.45, 2.75) is 70.6 Å². The summed E-state index contributed by atoms with van der Waals surface area (Å²) < 4.78 is 6.16. The number of nitrogens with one attached hydrogen (secondary N) is 1. The number of carbonyl (C=O) groups excluding carboxylic acids is 1. The van der Waals surface area contributed by atoms with Gasteiger partial charge >= 0.3 is 0 Å². The highest BCUT2D eigenvalue weighted by molar-refractivity contribution is 7.19. The first-order valence-electron chi connectivity index (χ1n) is 9.89. The van der Waals surface area contributed by atoms with E-state index < -0.39 is 6.04 Å². The van der Waals surface area contributed by atoms with Gasteiger partial charge in [-0.3, -0.25) is 4.79 Å². The van der Waals surface area contributed by atoms with Crippen molar-refractivity contribution in [3.8, 4) is 10.4 Å². The van der Waals surface area contributed by atoms with Crippen LogP contribution in [0.25, 0.3) is 10.4 Å². The Morgan fingerprint density at radius 1 is 1.32 bits per heavy atom. The van der Waals surface area contributed by atoms with Crippen molar-refractivity contribution >= 4 is 34.8 Å². The number of thiazole rings is 1. The molecule has 1 heterocycles. The van der Waals surface area contributed by atoms with Gasteiger partial charge in [0, 0.05) is 6.20 Å². The number of hydrogen-bond acceptors (Lipinski definition) is 5. The molecule has 0 unspecified atom stereocenters. The first-order chi connectivity index (χ1) is 13.2. The highest BCUT2D eigenvalue weighted by atomic mass is 35.5. The van der Waals surface area contributed by atoms with Gasteiger partial charge in [0.05, 0.1) is 23.6 Å². The summed E-state index contributed by atoms with van der Waals surface area (Å²) in [6, 6.07) is 7.76. The molecule has 3 N–H and O–H groups in total. The number of rotatable bonds is 8. The first kappa shape index (κ1) is 22.8. The van der Waals surface area contributed by atoms with Crippen molar-refractivity contribution < 1.29 is 9.53 Å². The fourth-order valence-corrected chi connectivity index (χ4v) is 4.30. The third kappa shape index (κ3) is 6.27. The summed E-state index contributed by atoms with van der Waals surface area (Å²) in [6.07, 6.45) is 9.93. The number of anilines is 1. The van der Waals surface area contributed by atoms with Crippen LogP contribution in [0, 0.1) is 0 Å². The molecule has 154 valence electrons. The molecular weight excluding hydrogens is 394 g/mol. The molecule has 0 saturated heterocycles. The zero-order chi connectivity index (χ0) is 19.1. The zero-order valence-corrected chi connectivity index (χ0v) is 18.0. The summed E-state index contributed by atoms with van der Waals surface area (Å²) in [7, 11) is 0. The highest BCUT2D eigenvalue weighted by Crippen LogP contribution is 2.32. The molecule has 1 aromatic heterocycles. The van der Waals surface area contributed by atoms with Crippen LogP contribution in [-0.4, -0.2) is 23.0 Å². The normalized spacial score (nSPS) is 15.6. The van der Waals surface area contributed by atoms with E-state index in [-0.39, 0.29) is 18.3 Å². The van der Waals surface area contributed by atoms with Crippen molar-refractivity contribution in [3.05, 3.63) is 36.0 Å². The fourth-order valence-electron chi connectivity index (χ4n) is 3.42. The summed E-state index contributed by atoms with van der Waals surface area (Å²) in [5, 5.41) is 3.42. The van der Waals surface area contributed by atoms with E-state index in [0.717, 1.165) is 35.3 Å². The molecule has 0 aliphatic heterocycles. The van der Waals surface area contributed by atoms with Crippen LogP contribution in [0.15, 0.2) is 30.5 Å². The van der Waals surface area contributed by atoms with E-state index in [9.17, 15) is 4.79 Å². The minimum absolute atomic E-state index is 0. The topological polar surface area (TPSA) is 77.2 Å². The number of carbonyl (C=O) groups is 1. The van der Waals surface area contributed by atoms with Crippen LogP contribution in [-0.2, 0) is 16.1 Å². The van der Waals surface area contributed by atoms with Gasteiger partial charge in [-0.25, -0.2) is 4.98 Å². The second-order valence-electron chi connectivity index (χ2n) is 7.14. The van der Waals surface area contributed by atoms with E-state index in [0.29, 0.717) is 24.3 Å². The molecule has 2 aromatic rings. The van der Waals surface area contributed by atoms with Crippen molar-refractivity contribution in [2.24, 2.45) is 5.73 Å². The number of benzene rings is 1. The van der Waals surface area contributed by atoms with Crippen molar-refractivity contribution in [2.75, 3.05) is 5.32 Å². The molecular formula is C21H30ClN3O2S. The maximum atomic E-state index is 12.1. The monoisotopic (exact) mass is 423 g/mol. The number of amides is 1. The largest absolute Gasteiger partial charge is 0.374 e. The third-order valence-corrected chi connectivity index (χ3v) is 5.93. The Kier molecular flexibility index (Phi) is 9.38.